The van der Waals surface area contributed by atoms with Gasteiger partial charge in [-0.3, -0.25) is 0 Å². The summed E-state index contributed by atoms with van der Waals surface area (Å²) in [5.41, 5.74) is -0.0349. The minimum absolute atomic E-state index is 0.0349. The van der Waals surface area contributed by atoms with Gasteiger partial charge in [-0.15, -0.1) is 0 Å². The highest BCUT2D eigenvalue weighted by molar-refractivity contribution is 5.86. The van der Waals surface area contributed by atoms with E-state index < -0.39 is 17.9 Å². The Morgan fingerprint density at radius 3 is 1.33 bits per heavy atom. The molecule has 6 heteroatoms. The van der Waals surface area contributed by atoms with E-state index in [2.05, 4.69) is 0 Å². The van der Waals surface area contributed by atoms with Gasteiger partial charge in [0.25, 0.3) is 0 Å². The zero-order chi connectivity index (χ0) is 11.8. The van der Waals surface area contributed by atoms with Gasteiger partial charge in [0.05, 0.1) is 0 Å². The zero-order valence-corrected chi connectivity index (χ0v) is 7.45. The first-order valence-electron chi connectivity index (χ1n) is 3.68. The van der Waals surface area contributed by atoms with Gasteiger partial charge in [0.15, 0.2) is 0 Å². The predicted octanol–water partition coefficient (Wildman–Crippen LogP) is 0.279. The lowest BCUT2D eigenvalue weighted by Crippen LogP contribution is -1.92. The molecule has 0 saturated heterocycles. The lowest BCUT2D eigenvalue weighted by atomic mass is 10.2. The fraction of sp³-hybridized carbons (Fsp3) is 0. The van der Waals surface area contributed by atoms with E-state index in [1.165, 1.54) is 0 Å². The highest BCUT2D eigenvalue weighted by Gasteiger charge is 1.95. The second-order valence-electron chi connectivity index (χ2n) is 2.33. The van der Waals surface area contributed by atoms with E-state index in [9.17, 15) is 14.4 Å². The van der Waals surface area contributed by atoms with Crippen LogP contribution in [-0.2, 0) is 14.4 Å². The number of carbonyl (C=O) groups is 3. The molecule has 0 fully saturated rings. The quantitative estimate of drug-likeness (QED) is 0.445. The fourth-order valence-electron chi connectivity index (χ4n) is 0.629. The number of hydrogen-bond acceptors (Lipinski definition) is 3. The van der Waals surface area contributed by atoms with Gasteiger partial charge in [0, 0.05) is 18.2 Å². The molecule has 0 amide bonds. The zero-order valence-electron chi connectivity index (χ0n) is 7.45. The Hall–Kier alpha value is -2.37. The molecule has 0 radical (unpaired) electrons. The molecule has 0 aliphatic carbocycles. The van der Waals surface area contributed by atoms with Crippen LogP contribution in [0, 0.1) is 0 Å². The molecular formula is C9H8O6. The molecule has 0 unspecified atom stereocenters. The third-order valence-corrected chi connectivity index (χ3v) is 1.13. The van der Waals surface area contributed by atoms with E-state index in [1.54, 1.807) is 0 Å². The van der Waals surface area contributed by atoms with Gasteiger partial charge in [-0.05, 0) is 17.7 Å². The van der Waals surface area contributed by atoms with Crippen LogP contribution in [0.15, 0.2) is 36.0 Å². The summed E-state index contributed by atoms with van der Waals surface area (Å²) < 4.78 is 0. The molecule has 0 heterocycles. The first kappa shape index (κ1) is 12.6. The molecule has 0 aromatic heterocycles. The van der Waals surface area contributed by atoms with Crippen molar-refractivity contribution in [2.45, 2.75) is 0 Å². The smallest absolute Gasteiger partial charge is 0.328 e. The first-order valence-corrected chi connectivity index (χ1v) is 3.68. The average molecular weight is 212 g/mol. The Bertz CT molecular complexity index is 335. The summed E-state index contributed by atoms with van der Waals surface area (Å²) in [5, 5.41) is 24.9. The normalized spacial score (nSPS) is 10.4. The Morgan fingerprint density at radius 1 is 0.667 bits per heavy atom. The van der Waals surface area contributed by atoms with E-state index in [4.69, 9.17) is 15.3 Å². The summed E-state index contributed by atoms with van der Waals surface area (Å²) in [7, 11) is 0. The molecular weight excluding hydrogens is 204 g/mol. The fourth-order valence-corrected chi connectivity index (χ4v) is 0.629. The van der Waals surface area contributed by atoms with Gasteiger partial charge in [-0.2, -0.15) is 0 Å². The standard InChI is InChI=1S/C9H8O6/c10-7(11)3-1-6(5-9(14)15)2-4-8(12)13/h1-5H,(H,10,11)(H,12,13)(H,14,15)/b3-1-,4-2-. The van der Waals surface area contributed by atoms with Gasteiger partial charge in [0.1, 0.15) is 0 Å². The summed E-state index contributed by atoms with van der Waals surface area (Å²) in [6.07, 6.45) is 4.08. The van der Waals surface area contributed by atoms with Gasteiger partial charge < -0.3 is 15.3 Å². The minimum Gasteiger partial charge on any atom is -0.478 e. The number of allylic oxidation sites excluding steroid dienone is 3. The summed E-state index contributed by atoms with van der Waals surface area (Å²) in [5.74, 6) is -3.81. The number of aliphatic carboxylic acids is 3. The van der Waals surface area contributed by atoms with Crippen LogP contribution in [0.2, 0.25) is 0 Å². The van der Waals surface area contributed by atoms with Crippen LogP contribution in [0.25, 0.3) is 0 Å². The van der Waals surface area contributed by atoms with Crippen LogP contribution < -0.4 is 0 Å². The van der Waals surface area contributed by atoms with E-state index in [0.29, 0.717) is 18.2 Å². The molecule has 0 aromatic rings. The highest BCUT2D eigenvalue weighted by Crippen LogP contribution is 1.99. The monoisotopic (exact) mass is 212 g/mol. The molecule has 0 aromatic carbocycles. The summed E-state index contributed by atoms with van der Waals surface area (Å²) in [4.78, 5) is 30.5. The van der Waals surface area contributed by atoms with Crippen molar-refractivity contribution in [2.24, 2.45) is 0 Å². The molecule has 0 saturated carbocycles. The van der Waals surface area contributed by atoms with Crippen molar-refractivity contribution in [3.63, 3.8) is 0 Å². The van der Waals surface area contributed by atoms with Gasteiger partial charge >= 0.3 is 17.9 Å². The van der Waals surface area contributed by atoms with Crippen molar-refractivity contribution in [1.82, 2.24) is 0 Å². The van der Waals surface area contributed by atoms with Gasteiger partial charge in [0.2, 0.25) is 0 Å². The van der Waals surface area contributed by atoms with Crippen molar-refractivity contribution >= 4 is 17.9 Å². The highest BCUT2D eigenvalue weighted by atomic mass is 16.4. The average Bonchev–Trinajstić information content (AvgIpc) is 2.08. The van der Waals surface area contributed by atoms with Crippen LogP contribution in [-0.4, -0.2) is 33.2 Å². The van der Waals surface area contributed by atoms with E-state index in [-0.39, 0.29) is 5.57 Å². The molecule has 0 spiro atoms. The molecule has 15 heavy (non-hydrogen) atoms. The lowest BCUT2D eigenvalue weighted by molar-refractivity contribution is -0.132. The maximum atomic E-state index is 10.3. The number of rotatable bonds is 5. The van der Waals surface area contributed by atoms with E-state index >= 15 is 0 Å². The van der Waals surface area contributed by atoms with Crippen LogP contribution >= 0.6 is 0 Å². The Morgan fingerprint density at radius 2 is 1.07 bits per heavy atom. The third-order valence-electron chi connectivity index (χ3n) is 1.13. The van der Waals surface area contributed by atoms with Crippen molar-refractivity contribution in [2.75, 3.05) is 0 Å². The maximum Gasteiger partial charge on any atom is 0.328 e. The van der Waals surface area contributed by atoms with E-state index in [1.807, 2.05) is 0 Å². The van der Waals surface area contributed by atoms with Gasteiger partial charge in [-0.25, -0.2) is 14.4 Å². The Labute approximate surface area is 84.5 Å². The summed E-state index contributed by atoms with van der Waals surface area (Å²) in [6.45, 7) is 0. The first-order chi connectivity index (χ1) is 6.91. The molecule has 0 aliphatic heterocycles. The SMILES string of the molecule is O=C(O)C=C(/C=C\C(=O)O)/C=C\C(=O)O. The van der Waals surface area contributed by atoms with Crippen LogP contribution in [0.5, 0.6) is 0 Å². The Kier molecular flexibility index (Phi) is 5.17. The molecule has 0 rings (SSSR count). The Balaban J connectivity index is 4.83. The lowest BCUT2D eigenvalue weighted by Gasteiger charge is -1.90. The number of carboxylic acids is 3. The number of carboxylic acid groups (broad SMARTS) is 3. The topological polar surface area (TPSA) is 112 Å². The van der Waals surface area contributed by atoms with Crippen LogP contribution in [0.4, 0.5) is 0 Å². The minimum atomic E-state index is -1.30. The van der Waals surface area contributed by atoms with Gasteiger partial charge in [-0.1, -0.05) is 0 Å². The molecule has 0 aliphatic rings. The number of hydrogen-bond donors (Lipinski definition) is 3. The van der Waals surface area contributed by atoms with Crippen molar-refractivity contribution in [3.05, 3.63) is 36.0 Å². The van der Waals surface area contributed by atoms with Crippen molar-refractivity contribution in [1.29, 1.82) is 0 Å². The van der Waals surface area contributed by atoms with E-state index in [0.717, 1.165) is 12.2 Å². The second kappa shape index (κ2) is 6.14. The van der Waals surface area contributed by atoms with Crippen LogP contribution in [0.1, 0.15) is 0 Å². The molecule has 6 nitrogen and oxygen atoms in total. The molecule has 0 bridgehead atoms. The summed E-state index contributed by atoms with van der Waals surface area (Å²) >= 11 is 0. The molecule has 80 valence electrons. The van der Waals surface area contributed by atoms with Crippen LogP contribution in [0.3, 0.4) is 0 Å². The maximum absolute atomic E-state index is 10.3. The molecule has 3 N–H and O–H groups in total. The van der Waals surface area contributed by atoms with Crippen molar-refractivity contribution in [3.8, 4) is 0 Å². The predicted molar refractivity (Wildman–Crippen MR) is 49.3 cm³/mol. The largest absolute Gasteiger partial charge is 0.478 e. The summed E-state index contributed by atoms with van der Waals surface area (Å²) in [6, 6.07) is 0. The second-order valence-corrected chi connectivity index (χ2v) is 2.33. The third kappa shape index (κ3) is 7.97. The molecule has 0 atom stereocenters. The van der Waals surface area contributed by atoms with Crippen molar-refractivity contribution < 1.29 is 29.7 Å².